The number of likely N-dealkylation sites (tertiary alicyclic amines) is 1. The van der Waals surface area contributed by atoms with Crippen LogP contribution in [0, 0.1) is 0 Å². The molecule has 0 bridgehead atoms. The van der Waals surface area contributed by atoms with E-state index in [9.17, 15) is 9.59 Å². The number of amides is 2. The van der Waals surface area contributed by atoms with Crippen molar-refractivity contribution < 1.29 is 9.59 Å². The highest BCUT2D eigenvalue weighted by Gasteiger charge is 2.16. The first-order valence-corrected chi connectivity index (χ1v) is 9.43. The van der Waals surface area contributed by atoms with E-state index < -0.39 is 0 Å². The Morgan fingerprint density at radius 2 is 1.92 bits per heavy atom. The Morgan fingerprint density at radius 3 is 2.58 bits per heavy atom. The van der Waals surface area contributed by atoms with E-state index >= 15 is 0 Å². The Bertz CT molecular complexity index is 463. The molecule has 1 aliphatic rings. The smallest absolute Gasteiger partial charge is 0.242 e. The quantitative estimate of drug-likeness (QED) is 0.224. The first kappa shape index (κ1) is 24.9. The van der Waals surface area contributed by atoms with Gasteiger partial charge in [-0.1, -0.05) is 6.42 Å². The lowest BCUT2D eigenvalue weighted by Gasteiger charge is -2.21. The second-order valence-corrected chi connectivity index (χ2v) is 7.47. The van der Waals surface area contributed by atoms with Gasteiger partial charge in [-0.05, 0) is 47.0 Å². The van der Waals surface area contributed by atoms with Crippen LogP contribution in [0.4, 0.5) is 0 Å². The summed E-state index contributed by atoms with van der Waals surface area (Å²) in [5.74, 6) is 0.811. The van der Waals surface area contributed by atoms with Crippen LogP contribution in [0.15, 0.2) is 4.99 Å². The summed E-state index contributed by atoms with van der Waals surface area (Å²) in [6, 6.07) is 0. The molecule has 0 aromatic carbocycles. The molecule has 0 saturated carbocycles. The van der Waals surface area contributed by atoms with Gasteiger partial charge in [0, 0.05) is 38.1 Å². The Labute approximate surface area is 175 Å². The summed E-state index contributed by atoms with van der Waals surface area (Å²) in [5.41, 5.74) is -0.252. The number of guanidine groups is 1. The van der Waals surface area contributed by atoms with Crippen molar-refractivity contribution in [2.75, 3.05) is 32.7 Å². The molecule has 152 valence electrons. The van der Waals surface area contributed by atoms with Gasteiger partial charge in [-0.2, -0.15) is 0 Å². The lowest BCUT2D eigenvalue weighted by atomic mass is 10.1. The molecule has 26 heavy (non-hydrogen) atoms. The zero-order valence-corrected chi connectivity index (χ0v) is 19.0. The monoisotopic (exact) mass is 481 g/mol. The van der Waals surface area contributed by atoms with Gasteiger partial charge in [0.1, 0.15) is 6.54 Å². The summed E-state index contributed by atoms with van der Waals surface area (Å²) in [6.07, 6.45) is 4.81. The van der Waals surface area contributed by atoms with Crippen molar-refractivity contribution in [1.29, 1.82) is 0 Å². The van der Waals surface area contributed by atoms with Crippen LogP contribution in [-0.2, 0) is 9.59 Å². The number of nitrogens with zero attached hydrogens (tertiary/aromatic N) is 2. The van der Waals surface area contributed by atoms with E-state index in [0.717, 1.165) is 51.9 Å². The van der Waals surface area contributed by atoms with Crippen molar-refractivity contribution in [2.24, 2.45) is 4.99 Å². The molecule has 7 nitrogen and oxygen atoms in total. The van der Waals surface area contributed by atoms with Crippen LogP contribution >= 0.6 is 24.0 Å². The zero-order chi connectivity index (χ0) is 18.7. The minimum Gasteiger partial charge on any atom is -0.357 e. The number of hydrogen-bond acceptors (Lipinski definition) is 3. The topological polar surface area (TPSA) is 85.8 Å². The van der Waals surface area contributed by atoms with Crippen molar-refractivity contribution in [1.82, 2.24) is 20.9 Å². The molecule has 0 aromatic heterocycles. The largest absolute Gasteiger partial charge is 0.357 e. The summed E-state index contributed by atoms with van der Waals surface area (Å²) in [6.45, 7) is 11.0. The number of nitrogens with one attached hydrogen (secondary N) is 3. The third kappa shape index (κ3) is 11.5. The highest BCUT2D eigenvalue weighted by atomic mass is 127. The van der Waals surface area contributed by atoms with Crippen molar-refractivity contribution in [2.45, 2.75) is 65.3 Å². The van der Waals surface area contributed by atoms with Crippen LogP contribution in [0.5, 0.6) is 0 Å². The fourth-order valence-corrected chi connectivity index (χ4v) is 2.70. The SMILES string of the molecule is CCNC(=NCC(=O)NC(C)(C)C)NCCCN1CCCCCC1=O.I. The van der Waals surface area contributed by atoms with Gasteiger partial charge >= 0.3 is 0 Å². The Kier molecular flexibility index (Phi) is 12.6. The summed E-state index contributed by atoms with van der Waals surface area (Å²) < 4.78 is 0. The highest BCUT2D eigenvalue weighted by molar-refractivity contribution is 14.0. The van der Waals surface area contributed by atoms with Gasteiger partial charge in [-0.3, -0.25) is 9.59 Å². The Morgan fingerprint density at radius 1 is 1.19 bits per heavy atom. The first-order chi connectivity index (χ1) is 11.8. The lowest BCUT2D eigenvalue weighted by molar-refractivity contribution is -0.130. The summed E-state index contributed by atoms with van der Waals surface area (Å²) in [4.78, 5) is 30.1. The van der Waals surface area contributed by atoms with E-state index in [4.69, 9.17) is 0 Å². The van der Waals surface area contributed by atoms with E-state index in [-0.39, 0.29) is 47.9 Å². The lowest BCUT2D eigenvalue weighted by Crippen LogP contribution is -2.43. The van der Waals surface area contributed by atoms with Crippen molar-refractivity contribution >= 4 is 41.8 Å². The fraction of sp³-hybridized carbons (Fsp3) is 0.833. The number of aliphatic imine (C=N–C) groups is 1. The molecule has 1 saturated heterocycles. The second-order valence-electron chi connectivity index (χ2n) is 7.47. The third-order valence-electron chi connectivity index (χ3n) is 3.81. The van der Waals surface area contributed by atoms with Gasteiger partial charge in [0.15, 0.2) is 5.96 Å². The van der Waals surface area contributed by atoms with Gasteiger partial charge < -0.3 is 20.9 Å². The minimum atomic E-state index is -0.252. The molecular weight excluding hydrogens is 445 g/mol. The normalized spacial score (nSPS) is 15.8. The first-order valence-electron chi connectivity index (χ1n) is 9.43. The maximum Gasteiger partial charge on any atom is 0.242 e. The standard InChI is InChI=1S/C18H35N5O2.HI/c1-5-19-17(21-14-15(24)22-18(2,3)4)20-11-9-13-23-12-8-6-7-10-16(23)25;/h5-14H2,1-4H3,(H,22,24)(H2,19,20,21);1H. The van der Waals surface area contributed by atoms with Gasteiger partial charge in [-0.15, -0.1) is 24.0 Å². The predicted molar refractivity (Wildman–Crippen MR) is 117 cm³/mol. The number of rotatable bonds is 7. The number of hydrogen-bond donors (Lipinski definition) is 3. The van der Waals surface area contributed by atoms with Crippen molar-refractivity contribution in [3.8, 4) is 0 Å². The van der Waals surface area contributed by atoms with Gasteiger partial charge in [0.05, 0.1) is 0 Å². The van der Waals surface area contributed by atoms with Crippen LogP contribution in [0.25, 0.3) is 0 Å². The molecule has 8 heteroatoms. The maximum atomic E-state index is 12.0. The maximum absolute atomic E-state index is 12.0. The fourth-order valence-electron chi connectivity index (χ4n) is 2.70. The summed E-state index contributed by atoms with van der Waals surface area (Å²) in [5, 5.41) is 9.26. The van der Waals surface area contributed by atoms with Crippen LogP contribution in [0.2, 0.25) is 0 Å². The highest BCUT2D eigenvalue weighted by Crippen LogP contribution is 2.11. The average Bonchev–Trinajstić information content (AvgIpc) is 2.72. The summed E-state index contributed by atoms with van der Waals surface area (Å²) >= 11 is 0. The van der Waals surface area contributed by atoms with Gasteiger partial charge in [-0.25, -0.2) is 4.99 Å². The number of halogens is 1. The van der Waals surface area contributed by atoms with Crippen molar-refractivity contribution in [3.63, 3.8) is 0 Å². The van der Waals surface area contributed by atoms with Gasteiger partial charge in [0.2, 0.25) is 11.8 Å². The van der Waals surface area contributed by atoms with Crippen LogP contribution in [0.1, 0.15) is 59.8 Å². The van der Waals surface area contributed by atoms with E-state index in [2.05, 4.69) is 20.9 Å². The Hall–Kier alpha value is -1.06. The third-order valence-corrected chi connectivity index (χ3v) is 3.81. The molecule has 1 fully saturated rings. The predicted octanol–water partition coefficient (Wildman–Crippen LogP) is 1.87. The average molecular weight is 481 g/mol. The summed E-state index contributed by atoms with van der Waals surface area (Å²) in [7, 11) is 0. The molecule has 1 rings (SSSR count). The van der Waals surface area contributed by atoms with Gasteiger partial charge in [0.25, 0.3) is 0 Å². The van der Waals surface area contributed by atoms with Crippen LogP contribution in [0.3, 0.4) is 0 Å². The molecule has 0 aromatic rings. The Balaban J connectivity index is 0.00000625. The molecule has 0 unspecified atom stereocenters. The molecule has 1 heterocycles. The molecular formula is C18H36IN5O2. The van der Waals surface area contributed by atoms with Crippen LogP contribution < -0.4 is 16.0 Å². The molecule has 1 aliphatic heterocycles. The molecule has 0 aliphatic carbocycles. The number of carbonyl (C=O) groups excluding carboxylic acids is 2. The van der Waals surface area contributed by atoms with E-state index in [1.807, 2.05) is 32.6 Å². The second kappa shape index (κ2) is 13.2. The van der Waals surface area contributed by atoms with E-state index in [1.54, 1.807) is 0 Å². The van der Waals surface area contributed by atoms with E-state index in [0.29, 0.717) is 12.4 Å². The molecule has 2 amide bonds. The minimum absolute atomic E-state index is 0. The van der Waals surface area contributed by atoms with Crippen molar-refractivity contribution in [3.05, 3.63) is 0 Å². The molecule has 0 radical (unpaired) electrons. The zero-order valence-electron chi connectivity index (χ0n) is 16.7. The molecule has 0 spiro atoms. The molecule has 0 atom stereocenters. The number of carbonyl (C=O) groups is 2. The molecule has 3 N–H and O–H groups in total. The van der Waals surface area contributed by atoms with Crippen LogP contribution in [-0.4, -0.2) is 60.9 Å². The van der Waals surface area contributed by atoms with E-state index in [1.165, 1.54) is 0 Å².